The van der Waals surface area contributed by atoms with Gasteiger partial charge in [0.2, 0.25) is 0 Å². The van der Waals surface area contributed by atoms with Crippen molar-refractivity contribution >= 4 is 11.9 Å². The minimum atomic E-state index is 0.541. The smallest absolute Gasteiger partial charge is 0.185 e. The number of aromatic nitrogens is 2. The zero-order valence-electron chi connectivity index (χ0n) is 13.5. The molecule has 1 fully saturated rings. The molecule has 1 aromatic heterocycles. The lowest BCUT2D eigenvalue weighted by molar-refractivity contribution is 0.111. The maximum atomic E-state index is 11.3. The van der Waals surface area contributed by atoms with Crippen LogP contribution >= 0.6 is 0 Å². The molecule has 1 aromatic carbocycles. The number of rotatable bonds is 1. The fourth-order valence-electron chi connectivity index (χ4n) is 3.78. The third-order valence-corrected chi connectivity index (χ3v) is 5.08. The molecule has 0 amide bonds. The molecule has 1 saturated heterocycles. The van der Waals surface area contributed by atoms with Gasteiger partial charge in [-0.05, 0) is 37.4 Å². The number of aldehydes is 1. The Morgan fingerprint density at radius 3 is 2.65 bits per heavy atom. The average Bonchev–Trinajstić information content (AvgIpc) is 2.91. The summed E-state index contributed by atoms with van der Waals surface area (Å²) in [6, 6.07) is 8.65. The van der Waals surface area contributed by atoms with Gasteiger partial charge in [0.25, 0.3) is 0 Å². The van der Waals surface area contributed by atoms with Crippen LogP contribution in [0, 0.1) is 0 Å². The minimum absolute atomic E-state index is 0.541. The van der Waals surface area contributed by atoms with Gasteiger partial charge in [-0.25, -0.2) is 4.98 Å². The highest BCUT2D eigenvalue weighted by molar-refractivity contribution is 5.84. The van der Waals surface area contributed by atoms with Gasteiger partial charge in [0, 0.05) is 25.2 Å². The van der Waals surface area contributed by atoms with E-state index in [2.05, 4.69) is 45.8 Å². The highest BCUT2D eigenvalue weighted by Gasteiger charge is 2.25. The van der Waals surface area contributed by atoms with E-state index in [9.17, 15) is 4.79 Å². The topological polar surface area (TPSA) is 38.1 Å². The number of nitrogens with zero attached hydrogens (tertiary/aromatic N) is 3. The molecule has 4 nitrogen and oxygen atoms in total. The summed E-state index contributed by atoms with van der Waals surface area (Å²) in [4.78, 5) is 18.1. The second-order valence-corrected chi connectivity index (χ2v) is 6.46. The van der Waals surface area contributed by atoms with Crippen molar-refractivity contribution < 1.29 is 4.79 Å². The van der Waals surface area contributed by atoms with Gasteiger partial charge in [-0.3, -0.25) is 4.79 Å². The Morgan fingerprint density at radius 1 is 1.09 bits per heavy atom. The molecule has 0 N–H and O–H groups in total. The van der Waals surface area contributed by atoms with E-state index in [0.29, 0.717) is 5.82 Å². The summed E-state index contributed by atoms with van der Waals surface area (Å²) in [6.07, 6.45) is 5.86. The van der Waals surface area contributed by atoms with E-state index in [1.165, 1.54) is 22.3 Å². The number of fused-ring (bicyclic) bond motifs is 2. The number of aryl methyl sites for hydroxylation is 1. The normalized spacial score (nSPS) is 18.3. The first kappa shape index (κ1) is 14.4. The minimum Gasteiger partial charge on any atom is -0.321 e. The molecule has 4 heteroatoms. The van der Waals surface area contributed by atoms with Crippen molar-refractivity contribution in [3.63, 3.8) is 0 Å². The molecule has 2 aliphatic heterocycles. The standard InChI is InChI=1S/C19H21N3O/c1-21-9-6-15(7-10-21)19-16-5-3-2-4-14(16)8-11-22-17(19)12-20-18(22)13-23/h2-5,12-13H,6-11H2,1H3. The molecule has 0 atom stereocenters. The van der Waals surface area contributed by atoms with Crippen LogP contribution in [0.3, 0.4) is 0 Å². The number of carbonyl (C=O) groups excluding carboxylic acids is 1. The molecule has 118 valence electrons. The van der Waals surface area contributed by atoms with Crippen LogP contribution in [-0.2, 0) is 13.0 Å². The van der Waals surface area contributed by atoms with E-state index in [0.717, 1.165) is 50.9 Å². The van der Waals surface area contributed by atoms with E-state index in [1.807, 2.05) is 6.20 Å². The number of benzene rings is 1. The van der Waals surface area contributed by atoms with Gasteiger partial charge in [-0.15, -0.1) is 0 Å². The number of hydrogen-bond donors (Lipinski definition) is 0. The third-order valence-electron chi connectivity index (χ3n) is 5.08. The van der Waals surface area contributed by atoms with Crippen LogP contribution in [0.1, 0.15) is 40.3 Å². The Hall–Kier alpha value is -2.20. The zero-order valence-corrected chi connectivity index (χ0v) is 13.5. The van der Waals surface area contributed by atoms with Crippen LogP contribution in [0.4, 0.5) is 0 Å². The van der Waals surface area contributed by atoms with Crippen LogP contribution in [0.15, 0.2) is 36.0 Å². The van der Waals surface area contributed by atoms with E-state index in [1.54, 1.807) is 0 Å². The molecule has 0 unspecified atom stereocenters. The van der Waals surface area contributed by atoms with E-state index < -0.39 is 0 Å². The Kier molecular flexibility index (Phi) is 3.62. The van der Waals surface area contributed by atoms with Crippen molar-refractivity contribution in [3.8, 4) is 0 Å². The Bertz CT molecular complexity index is 778. The molecule has 3 heterocycles. The second kappa shape index (κ2) is 5.78. The van der Waals surface area contributed by atoms with Crippen LogP contribution in [-0.4, -0.2) is 40.9 Å². The summed E-state index contributed by atoms with van der Waals surface area (Å²) in [5.74, 6) is 0.541. The quantitative estimate of drug-likeness (QED) is 0.760. The van der Waals surface area contributed by atoms with Gasteiger partial charge in [0.1, 0.15) is 0 Å². The summed E-state index contributed by atoms with van der Waals surface area (Å²) >= 11 is 0. The number of carbonyl (C=O) groups is 1. The lowest BCUT2D eigenvalue weighted by Crippen LogP contribution is -2.27. The predicted octanol–water partition coefficient (Wildman–Crippen LogP) is 2.78. The molecular formula is C19H21N3O. The summed E-state index contributed by atoms with van der Waals surface area (Å²) in [6.45, 7) is 3.00. The van der Waals surface area contributed by atoms with Crippen LogP contribution < -0.4 is 0 Å². The average molecular weight is 307 g/mol. The summed E-state index contributed by atoms with van der Waals surface area (Å²) < 4.78 is 2.09. The van der Waals surface area contributed by atoms with Crippen molar-refractivity contribution in [2.75, 3.05) is 20.1 Å². The molecule has 0 aliphatic carbocycles. The fourth-order valence-corrected chi connectivity index (χ4v) is 3.78. The first-order valence-corrected chi connectivity index (χ1v) is 8.28. The van der Waals surface area contributed by atoms with Gasteiger partial charge < -0.3 is 9.47 Å². The fraction of sp³-hybridized carbons (Fsp3) is 0.368. The largest absolute Gasteiger partial charge is 0.321 e. The zero-order chi connectivity index (χ0) is 15.8. The van der Waals surface area contributed by atoms with Gasteiger partial charge in [-0.1, -0.05) is 29.8 Å². The first-order valence-electron chi connectivity index (χ1n) is 8.28. The molecule has 0 bridgehead atoms. The van der Waals surface area contributed by atoms with E-state index in [-0.39, 0.29) is 0 Å². The highest BCUT2D eigenvalue weighted by atomic mass is 16.1. The first-order chi connectivity index (χ1) is 11.3. The van der Waals surface area contributed by atoms with Gasteiger partial charge in [-0.2, -0.15) is 0 Å². The lowest BCUT2D eigenvalue weighted by atomic mass is 9.89. The van der Waals surface area contributed by atoms with Crippen molar-refractivity contribution in [2.45, 2.75) is 25.8 Å². The molecule has 0 spiro atoms. The van der Waals surface area contributed by atoms with Crippen LogP contribution in [0.5, 0.6) is 0 Å². The van der Waals surface area contributed by atoms with Gasteiger partial charge in [0.15, 0.2) is 12.1 Å². The summed E-state index contributed by atoms with van der Waals surface area (Å²) in [7, 11) is 2.18. The molecule has 4 rings (SSSR count). The van der Waals surface area contributed by atoms with E-state index in [4.69, 9.17) is 0 Å². The monoisotopic (exact) mass is 307 g/mol. The number of hydrogen-bond acceptors (Lipinski definition) is 3. The maximum absolute atomic E-state index is 11.3. The molecule has 0 radical (unpaired) electrons. The maximum Gasteiger partial charge on any atom is 0.185 e. The van der Waals surface area contributed by atoms with Crippen molar-refractivity contribution in [3.05, 3.63) is 58.7 Å². The van der Waals surface area contributed by atoms with Gasteiger partial charge in [0.05, 0.1) is 11.9 Å². The molecule has 2 aromatic rings. The van der Waals surface area contributed by atoms with Crippen LogP contribution in [0.25, 0.3) is 5.57 Å². The van der Waals surface area contributed by atoms with E-state index >= 15 is 0 Å². The third kappa shape index (κ3) is 2.43. The van der Waals surface area contributed by atoms with Crippen molar-refractivity contribution in [1.82, 2.24) is 14.5 Å². The van der Waals surface area contributed by atoms with Crippen molar-refractivity contribution in [2.24, 2.45) is 0 Å². The number of piperidine rings is 1. The SMILES string of the molecule is CN1CCC(=C2c3ccccc3CCn3c2cnc3C=O)CC1. The summed E-state index contributed by atoms with van der Waals surface area (Å²) in [5.41, 5.74) is 6.61. The molecule has 2 aliphatic rings. The van der Waals surface area contributed by atoms with Crippen LogP contribution in [0.2, 0.25) is 0 Å². The van der Waals surface area contributed by atoms with Crippen molar-refractivity contribution in [1.29, 1.82) is 0 Å². The Balaban J connectivity index is 1.94. The van der Waals surface area contributed by atoms with Gasteiger partial charge >= 0.3 is 0 Å². The number of likely N-dealkylation sites (tertiary alicyclic amines) is 1. The second-order valence-electron chi connectivity index (χ2n) is 6.46. The lowest BCUT2D eigenvalue weighted by Gasteiger charge is -2.27. The molecule has 0 saturated carbocycles. The highest BCUT2D eigenvalue weighted by Crippen LogP contribution is 2.36. The molecule has 23 heavy (non-hydrogen) atoms. The molecular weight excluding hydrogens is 286 g/mol. The summed E-state index contributed by atoms with van der Waals surface area (Å²) in [5, 5.41) is 0. The number of imidazole rings is 1. The Morgan fingerprint density at radius 2 is 1.87 bits per heavy atom. The predicted molar refractivity (Wildman–Crippen MR) is 90.5 cm³/mol. The Labute approximate surface area is 136 Å².